The van der Waals surface area contributed by atoms with Crippen LogP contribution in [0.1, 0.15) is 116 Å². The van der Waals surface area contributed by atoms with Crippen LogP contribution in [0, 0.1) is 16.0 Å². The van der Waals surface area contributed by atoms with E-state index in [2.05, 4.69) is 79.8 Å². The first-order valence-electron chi connectivity index (χ1n) is 15.5. The van der Waals surface area contributed by atoms with Gasteiger partial charge in [-0.3, -0.25) is 4.79 Å². The SMILES string of the molecule is C/C=C\CCCC.CC.CCC(CC)CCCCCc1ccccc1.CO.O=COCc1cccc(CO[N+](=O)[O-])c1. The van der Waals surface area contributed by atoms with E-state index in [0.717, 1.165) is 18.6 Å². The summed E-state index contributed by atoms with van der Waals surface area (Å²) in [6, 6.07) is 17.7. The number of aliphatic hydroxyl groups excluding tert-OH is 1. The average molecular weight is 590 g/mol. The Morgan fingerprint density at radius 2 is 1.45 bits per heavy atom. The molecule has 2 aromatic carbocycles. The van der Waals surface area contributed by atoms with Gasteiger partial charge < -0.3 is 14.7 Å². The number of ether oxygens (including phenoxy) is 1. The zero-order valence-corrected chi connectivity index (χ0v) is 27.4. The minimum atomic E-state index is -0.853. The van der Waals surface area contributed by atoms with E-state index in [1.165, 1.54) is 69.8 Å². The highest BCUT2D eigenvalue weighted by Crippen LogP contribution is 2.17. The molecule has 0 aliphatic heterocycles. The second-order valence-corrected chi connectivity index (χ2v) is 9.20. The van der Waals surface area contributed by atoms with Crippen LogP contribution in [0.2, 0.25) is 0 Å². The van der Waals surface area contributed by atoms with Gasteiger partial charge in [0.2, 0.25) is 0 Å². The van der Waals surface area contributed by atoms with Gasteiger partial charge in [-0.25, -0.2) is 0 Å². The van der Waals surface area contributed by atoms with Crippen molar-refractivity contribution in [3.8, 4) is 0 Å². The van der Waals surface area contributed by atoms with Gasteiger partial charge in [-0.1, -0.05) is 146 Å². The van der Waals surface area contributed by atoms with Gasteiger partial charge in [-0.05, 0) is 48.8 Å². The van der Waals surface area contributed by atoms with Gasteiger partial charge in [-0.15, -0.1) is 10.1 Å². The topological polar surface area (TPSA) is 98.9 Å². The summed E-state index contributed by atoms with van der Waals surface area (Å²) in [5.74, 6) is 0.969. The third-order valence-electron chi connectivity index (χ3n) is 6.18. The number of carbonyl (C=O) groups excluding carboxylic acids is 1. The Balaban J connectivity index is -0.000000543. The van der Waals surface area contributed by atoms with Crippen molar-refractivity contribution >= 4 is 6.47 Å². The molecule has 0 aliphatic rings. The van der Waals surface area contributed by atoms with Crippen LogP contribution in [-0.2, 0) is 34.0 Å². The second-order valence-electron chi connectivity index (χ2n) is 9.20. The third-order valence-corrected chi connectivity index (χ3v) is 6.18. The van der Waals surface area contributed by atoms with E-state index in [0.29, 0.717) is 12.0 Å². The van der Waals surface area contributed by atoms with E-state index < -0.39 is 5.09 Å². The van der Waals surface area contributed by atoms with Crippen molar-refractivity contribution in [2.24, 2.45) is 5.92 Å². The molecule has 240 valence electrons. The number of allylic oxidation sites excluding steroid dienone is 2. The number of nitrogens with zero attached hydrogens (tertiary/aromatic N) is 1. The molecule has 7 nitrogen and oxygen atoms in total. The van der Waals surface area contributed by atoms with Crippen LogP contribution >= 0.6 is 0 Å². The maximum Gasteiger partial charge on any atom is 0.294 e. The van der Waals surface area contributed by atoms with Crippen LogP contribution in [0.3, 0.4) is 0 Å². The molecule has 0 saturated heterocycles. The zero-order chi connectivity index (χ0) is 32.3. The molecule has 2 rings (SSSR count). The maximum atomic E-state index is 9.94. The Kier molecular flexibility index (Phi) is 36.9. The standard InChI is InChI=1S/C16H26.C9H9NO5.C7H14.C2H6.CH4O/c1-3-15(4-2)11-7-5-8-12-16-13-9-6-10-14-16;11-7-14-5-8-2-1-3-9(4-8)6-15-10(12)13;1-3-5-7-6-4-2;2*1-2/h6,9-10,13-15H,3-5,7-8,11-12H2,1-2H3;1-4,7H,5-6H2;3,5H,4,6-7H2,1-2H3;1-2H3;2H,1H3/b;;5-3-;;. The van der Waals surface area contributed by atoms with Gasteiger partial charge in [0.15, 0.2) is 0 Å². The normalized spacial score (nSPS) is 9.55. The van der Waals surface area contributed by atoms with Crippen molar-refractivity contribution in [3.63, 3.8) is 0 Å². The molecule has 0 radical (unpaired) electrons. The molecular formula is C35H59NO6. The lowest BCUT2D eigenvalue weighted by Crippen LogP contribution is -2.01. The first kappa shape index (κ1) is 43.3. The van der Waals surface area contributed by atoms with Crippen molar-refractivity contribution in [1.29, 1.82) is 0 Å². The molecule has 0 amide bonds. The number of aliphatic hydroxyl groups is 1. The summed E-state index contributed by atoms with van der Waals surface area (Å²) in [5.41, 5.74) is 2.90. The van der Waals surface area contributed by atoms with E-state index in [1.807, 2.05) is 13.8 Å². The highest BCUT2D eigenvalue weighted by Gasteiger charge is 2.02. The van der Waals surface area contributed by atoms with Gasteiger partial charge >= 0.3 is 0 Å². The van der Waals surface area contributed by atoms with Crippen LogP contribution in [0.15, 0.2) is 66.7 Å². The molecule has 0 atom stereocenters. The molecule has 2 aromatic rings. The summed E-state index contributed by atoms with van der Waals surface area (Å²) >= 11 is 0. The van der Waals surface area contributed by atoms with E-state index in [4.69, 9.17) is 5.11 Å². The smallest absolute Gasteiger partial charge is 0.294 e. The summed E-state index contributed by atoms with van der Waals surface area (Å²) in [5, 5.41) is 16.1. The predicted molar refractivity (Wildman–Crippen MR) is 176 cm³/mol. The van der Waals surface area contributed by atoms with E-state index in [-0.39, 0.29) is 13.2 Å². The number of hydrogen-bond acceptors (Lipinski definition) is 6. The Hall–Kier alpha value is -3.19. The Morgan fingerprint density at radius 1 is 0.857 bits per heavy atom. The number of unbranched alkanes of at least 4 members (excludes halogenated alkanes) is 4. The van der Waals surface area contributed by atoms with Gasteiger partial charge in [-0.2, -0.15) is 0 Å². The molecule has 1 N–H and O–H groups in total. The van der Waals surface area contributed by atoms with Gasteiger partial charge in [0, 0.05) is 7.11 Å². The van der Waals surface area contributed by atoms with Crippen LogP contribution in [0.4, 0.5) is 0 Å². The van der Waals surface area contributed by atoms with Crippen LogP contribution in [-0.4, -0.2) is 23.8 Å². The Labute approximate surface area is 256 Å². The summed E-state index contributed by atoms with van der Waals surface area (Å²) < 4.78 is 4.54. The molecule has 0 heterocycles. The largest absolute Gasteiger partial charge is 0.463 e. The molecule has 0 bridgehead atoms. The van der Waals surface area contributed by atoms with E-state index >= 15 is 0 Å². The predicted octanol–water partition coefficient (Wildman–Crippen LogP) is 9.68. The third kappa shape index (κ3) is 29.8. The molecule has 0 saturated carbocycles. The number of benzene rings is 2. The summed E-state index contributed by atoms with van der Waals surface area (Å²) in [7, 11) is 1.00. The Morgan fingerprint density at radius 3 is 1.98 bits per heavy atom. The Bertz CT molecular complexity index is 854. The molecule has 0 fully saturated rings. The van der Waals surface area contributed by atoms with E-state index in [9.17, 15) is 14.9 Å². The summed E-state index contributed by atoms with van der Waals surface area (Å²) in [6.07, 6.45) is 17.8. The fourth-order valence-corrected chi connectivity index (χ4v) is 3.84. The van der Waals surface area contributed by atoms with Crippen LogP contribution in [0.25, 0.3) is 0 Å². The van der Waals surface area contributed by atoms with E-state index in [1.54, 1.807) is 24.3 Å². The molecule has 0 aromatic heterocycles. The fourth-order valence-electron chi connectivity index (χ4n) is 3.84. The quantitative estimate of drug-likeness (QED) is 0.0648. The summed E-state index contributed by atoms with van der Waals surface area (Å²) in [4.78, 5) is 24.1. The van der Waals surface area contributed by atoms with Crippen molar-refractivity contribution in [1.82, 2.24) is 0 Å². The minimum absolute atomic E-state index is 0.109. The zero-order valence-electron chi connectivity index (χ0n) is 27.4. The first-order valence-corrected chi connectivity index (χ1v) is 15.5. The van der Waals surface area contributed by atoms with Crippen molar-refractivity contribution in [2.75, 3.05) is 7.11 Å². The molecule has 7 heteroatoms. The van der Waals surface area contributed by atoms with Crippen molar-refractivity contribution in [3.05, 3.63) is 93.6 Å². The highest BCUT2D eigenvalue weighted by molar-refractivity contribution is 5.37. The fraction of sp³-hybridized carbons (Fsp3) is 0.571. The highest BCUT2D eigenvalue weighted by atomic mass is 16.9. The molecular weight excluding hydrogens is 530 g/mol. The monoisotopic (exact) mass is 589 g/mol. The number of hydrogen-bond donors (Lipinski definition) is 1. The number of aryl methyl sites for hydroxylation is 1. The van der Waals surface area contributed by atoms with Crippen molar-refractivity contribution in [2.45, 2.75) is 119 Å². The first-order chi connectivity index (χ1) is 20.5. The lowest BCUT2D eigenvalue weighted by molar-refractivity contribution is -0.763. The molecule has 0 aliphatic carbocycles. The number of carbonyl (C=O) groups is 1. The number of rotatable bonds is 17. The van der Waals surface area contributed by atoms with Crippen LogP contribution < -0.4 is 0 Å². The molecule has 0 unspecified atom stereocenters. The maximum absolute atomic E-state index is 9.94. The lowest BCUT2D eigenvalue weighted by Gasteiger charge is -2.11. The van der Waals surface area contributed by atoms with Crippen LogP contribution in [0.5, 0.6) is 0 Å². The second kappa shape index (κ2) is 35.8. The summed E-state index contributed by atoms with van der Waals surface area (Å²) in [6.45, 7) is 13.3. The van der Waals surface area contributed by atoms with Gasteiger partial charge in [0.25, 0.3) is 11.6 Å². The van der Waals surface area contributed by atoms with Gasteiger partial charge in [0.05, 0.1) is 0 Å². The minimum Gasteiger partial charge on any atom is -0.463 e. The molecule has 42 heavy (non-hydrogen) atoms. The molecule has 0 spiro atoms. The lowest BCUT2D eigenvalue weighted by atomic mass is 9.95. The van der Waals surface area contributed by atoms with Crippen molar-refractivity contribution < 1.29 is 24.6 Å². The van der Waals surface area contributed by atoms with Gasteiger partial charge in [0.1, 0.15) is 13.2 Å². The average Bonchev–Trinajstić information content (AvgIpc) is 3.04.